The van der Waals surface area contributed by atoms with E-state index in [9.17, 15) is 9.59 Å². The lowest BCUT2D eigenvalue weighted by Crippen LogP contribution is -2.38. The van der Waals surface area contributed by atoms with Gasteiger partial charge >= 0.3 is 0 Å². The minimum Gasteiger partial charge on any atom is -0.353 e. The first-order valence-corrected chi connectivity index (χ1v) is 9.30. The van der Waals surface area contributed by atoms with Crippen LogP contribution in [0.15, 0.2) is 41.2 Å². The van der Waals surface area contributed by atoms with Crippen molar-refractivity contribution in [3.05, 3.63) is 52.6 Å². The maximum absolute atomic E-state index is 12.4. The molecule has 136 valence electrons. The Kier molecular flexibility index (Phi) is 5.49. The van der Waals surface area contributed by atoms with Crippen molar-refractivity contribution in [1.29, 1.82) is 0 Å². The third kappa shape index (κ3) is 4.36. The second-order valence-electron chi connectivity index (χ2n) is 6.60. The monoisotopic (exact) mass is 370 g/mol. The van der Waals surface area contributed by atoms with Gasteiger partial charge in [-0.05, 0) is 32.5 Å². The minimum atomic E-state index is -0.150. The van der Waals surface area contributed by atoms with Crippen LogP contribution in [0.4, 0.5) is 0 Å². The molecule has 0 aliphatic heterocycles. The number of fused-ring (bicyclic) bond motifs is 1. The standard InChI is InChI=1S/C19H22N4O2S/c1-12(2)20-17(24)11-23(3)10-16-21-18(25)14-9-15(26-19(14)22-16)13-7-5-4-6-8-13/h4-9,12H,10-11H2,1-3H3,(H,20,24)(H,21,22,25). The van der Waals surface area contributed by atoms with E-state index in [2.05, 4.69) is 15.3 Å². The van der Waals surface area contributed by atoms with Gasteiger partial charge in [-0.3, -0.25) is 14.5 Å². The molecule has 7 heteroatoms. The number of nitrogens with one attached hydrogen (secondary N) is 2. The van der Waals surface area contributed by atoms with Crippen LogP contribution >= 0.6 is 11.3 Å². The Labute approximate surface area is 155 Å². The molecule has 3 aromatic rings. The summed E-state index contributed by atoms with van der Waals surface area (Å²) in [4.78, 5) is 35.2. The lowest BCUT2D eigenvalue weighted by atomic mass is 10.2. The quantitative estimate of drug-likeness (QED) is 0.699. The molecule has 0 atom stereocenters. The summed E-state index contributed by atoms with van der Waals surface area (Å²) in [7, 11) is 1.83. The summed E-state index contributed by atoms with van der Waals surface area (Å²) in [6.07, 6.45) is 0. The Balaban J connectivity index is 1.80. The summed E-state index contributed by atoms with van der Waals surface area (Å²) in [6.45, 7) is 4.49. The summed E-state index contributed by atoms with van der Waals surface area (Å²) >= 11 is 1.50. The summed E-state index contributed by atoms with van der Waals surface area (Å²) in [5.74, 6) is 0.511. The Morgan fingerprint density at radius 3 is 2.73 bits per heavy atom. The average molecular weight is 370 g/mol. The third-order valence-electron chi connectivity index (χ3n) is 3.79. The molecule has 0 saturated carbocycles. The fourth-order valence-corrected chi connectivity index (χ4v) is 3.78. The molecular formula is C19H22N4O2S. The van der Waals surface area contributed by atoms with E-state index >= 15 is 0 Å². The van der Waals surface area contributed by atoms with Crippen molar-refractivity contribution < 1.29 is 4.79 Å². The van der Waals surface area contributed by atoms with Crippen LogP contribution in [0.1, 0.15) is 19.7 Å². The number of hydrogen-bond acceptors (Lipinski definition) is 5. The minimum absolute atomic E-state index is 0.0478. The number of aromatic amines is 1. The van der Waals surface area contributed by atoms with Gasteiger partial charge in [0.1, 0.15) is 10.7 Å². The Bertz CT molecular complexity index is 963. The molecule has 0 aliphatic rings. The summed E-state index contributed by atoms with van der Waals surface area (Å²) < 4.78 is 0. The molecule has 1 aromatic carbocycles. The second-order valence-corrected chi connectivity index (χ2v) is 7.63. The van der Waals surface area contributed by atoms with E-state index in [-0.39, 0.29) is 24.1 Å². The second kappa shape index (κ2) is 7.80. The highest BCUT2D eigenvalue weighted by atomic mass is 32.1. The number of rotatable bonds is 6. The van der Waals surface area contributed by atoms with Crippen LogP contribution in [-0.4, -0.2) is 40.4 Å². The average Bonchev–Trinajstić information content (AvgIpc) is 2.99. The van der Waals surface area contributed by atoms with Crippen LogP contribution in [0, 0.1) is 0 Å². The number of nitrogens with zero attached hydrogens (tertiary/aromatic N) is 2. The SMILES string of the molecule is CC(C)NC(=O)CN(C)Cc1nc2sc(-c3ccccc3)cc2c(=O)[nH]1. The molecule has 6 nitrogen and oxygen atoms in total. The molecule has 3 rings (SSSR count). The number of H-pyrrole nitrogens is 1. The smallest absolute Gasteiger partial charge is 0.259 e. The molecule has 2 N–H and O–H groups in total. The first-order chi connectivity index (χ1) is 12.4. The highest BCUT2D eigenvalue weighted by Crippen LogP contribution is 2.30. The van der Waals surface area contributed by atoms with Gasteiger partial charge in [0.15, 0.2) is 0 Å². The Hall–Kier alpha value is -2.51. The van der Waals surface area contributed by atoms with Crippen molar-refractivity contribution in [3.8, 4) is 10.4 Å². The maximum Gasteiger partial charge on any atom is 0.259 e. The molecule has 2 heterocycles. The highest BCUT2D eigenvalue weighted by Gasteiger charge is 2.13. The van der Waals surface area contributed by atoms with E-state index in [1.165, 1.54) is 11.3 Å². The van der Waals surface area contributed by atoms with Crippen LogP contribution in [0.2, 0.25) is 0 Å². The zero-order valence-electron chi connectivity index (χ0n) is 15.1. The van der Waals surface area contributed by atoms with Crippen LogP contribution < -0.4 is 10.9 Å². The van der Waals surface area contributed by atoms with E-state index < -0.39 is 0 Å². The van der Waals surface area contributed by atoms with Crippen LogP contribution in [0.3, 0.4) is 0 Å². The lowest BCUT2D eigenvalue weighted by Gasteiger charge is -2.16. The normalized spacial score (nSPS) is 11.4. The molecular weight excluding hydrogens is 348 g/mol. The number of aromatic nitrogens is 2. The first kappa shape index (κ1) is 18.3. The van der Waals surface area contributed by atoms with Gasteiger partial charge in [0.2, 0.25) is 5.91 Å². The van der Waals surface area contributed by atoms with E-state index in [1.807, 2.05) is 62.2 Å². The van der Waals surface area contributed by atoms with Crippen molar-refractivity contribution in [1.82, 2.24) is 20.2 Å². The van der Waals surface area contributed by atoms with Crippen LogP contribution in [0.5, 0.6) is 0 Å². The number of thiophene rings is 1. The number of amides is 1. The van der Waals surface area contributed by atoms with Crippen molar-refractivity contribution in [2.45, 2.75) is 26.4 Å². The highest BCUT2D eigenvalue weighted by molar-refractivity contribution is 7.21. The number of benzene rings is 1. The van der Waals surface area contributed by atoms with E-state index in [4.69, 9.17) is 0 Å². The summed E-state index contributed by atoms with van der Waals surface area (Å²) in [6, 6.07) is 11.9. The van der Waals surface area contributed by atoms with Gasteiger partial charge in [0.25, 0.3) is 5.56 Å². The molecule has 26 heavy (non-hydrogen) atoms. The summed E-state index contributed by atoms with van der Waals surface area (Å²) in [5, 5.41) is 3.45. The predicted molar refractivity (Wildman–Crippen MR) is 105 cm³/mol. The van der Waals surface area contributed by atoms with Gasteiger partial charge < -0.3 is 10.3 Å². The number of likely N-dealkylation sites (N-methyl/N-ethyl adjacent to an activating group) is 1. The topological polar surface area (TPSA) is 78.1 Å². The molecule has 0 spiro atoms. The molecule has 2 aromatic heterocycles. The van der Waals surface area contributed by atoms with E-state index in [0.717, 1.165) is 10.4 Å². The maximum atomic E-state index is 12.4. The molecule has 0 aliphatic carbocycles. The predicted octanol–water partition coefficient (Wildman–Crippen LogP) is 2.61. The fraction of sp³-hybridized carbons (Fsp3) is 0.316. The number of carbonyl (C=O) groups excluding carboxylic acids is 1. The van der Waals surface area contributed by atoms with Crippen LogP contribution in [0.25, 0.3) is 20.7 Å². The van der Waals surface area contributed by atoms with Gasteiger partial charge in [-0.15, -0.1) is 11.3 Å². The molecule has 0 unspecified atom stereocenters. The fourth-order valence-electron chi connectivity index (χ4n) is 2.72. The molecule has 0 bridgehead atoms. The van der Waals surface area contributed by atoms with Crippen LogP contribution in [-0.2, 0) is 11.3 Å². The van der Waals surface area contributed by atoms with E-state index in [1.54, 1.807) is 0 Å². The van der Waals surface area contributed by atoms with Gasteiger partial charge in [0.05, 0.1) is 18.5 Å². The van der Waals surface area contributed by atoms with Gasteiger partial charge in [-0.1, -0.05) is 30.3 Å². The third-order valence-corrected chi connectivity index (χ3v) is 4.87. The molecule has 0 radical (unpaired) electrons. The molecule has 0 saturated heterocycles. The van der Waals surface area contributed by atoms with Crippen molar-refractivity contribution in [2.24, 2.45) is 0 Å². The van der Waals surface area contributed by atoms with Gasteiger partial charge in [-0.2, -0.15) is 0 Å². The number of carbonyl (C=O) groups is 1. The Morgan fingerprint density at radius 1 is 1.31 bits per heavy atom. The molecule has 0 fully saturated rings. The van der Waals surface area contributed by atoms with Gasteiger partial charge in [-0.25, -0.2) is 4.98 Å². The van der Waals surface area contributed by atoms with Crippen molar-refractivity contribution in [2.75, 3.05) is 13.6 Å². The summed E-state index contributed by atoms with van der Waals surface area (Å²) in [5.41, 5.74) is 0.919. The largest absolute Gasteiger partial charge is 0.353 e. The number of hydrogen-bond donors (Lipinski definition) is 2. The van der Waals surface area contributed by atoms with Crippen molar-refractivity contribution >= 4 is 27.5 Å². The molecule has 1 amide bonds. The Morgan fingerprint density at radius 2 is 2.04 bits per heavy atom. The van der Waals surface area contributed by atoms with E-state index in [0.29, 0.717) is 22.6 Å². The zero-order chi connectivity index (χ0) is 18.7. The zero-order valence-corrected chi connectivity index (χ0v) is 15.9. The lowest BCUT2D eigenvalue weighted by molar-refractivity contribution is -0.122. The first-order valence-electron chi connectivity index (χ1n) is 8.48. The van der Waals surface area contributed by atoms with Gasteiger partial charge in [0, 0.05) is 10.9 Å². The van der Waals surface area contributed by atoms with Crippen molar-refractivity contribution in [3.63, 3.8) is 0 Å².